The highest BCUT2D eigenvalue weighted by Crippen LogP contribution is 2.44. The summed E-state index contributed by atoms with van der Waals surface area (Å²) in [6.07, 6.45) is 6.66. The van der Waals surface area contributed by atoms with Gasteiger partial charge in [0.1, 0.15) is 5.76 Å². The van der Waals surface area contributed by atoms with E-state index in [4.69, 9.17) is 4.42 Å². The maximum Gasteiger partial charge on any atom is 0.280 e. The van der Waals surface area contributed by atoms with Gasteiger partial charge in [-0.3, -0.25) is 9.69 Å². The third-order valence-corrected chi connectivity index (χ3v) is 7.73. The molecule has 5 nitrogen and oxygen atoms in total. The van der Waals surface area contributed by atoms with E-state index >= 15 is 0 Å². The van der Waals surface area contributed by atoms with E-state index in [9.17, 15) is 4.79 Å². The van der Waals surface area contributed by atoms with Gasteiger partial charge in [0.05, 0.1) is 12.8 Å². The lowest BCUT2D eigenvalue weighted by Gasteiger charge is -2.38. The van der Waals surface area contributed by atoms with Crippen LogP contribution in [-0.4, -0.2) is 34.4 Å². The first kappa shape index (κ1) is 20.4. The molecule has 0 aliphatic carbocycles. The Balaban J connectivity index is 1.37. The Kier molecular flexibility index (Phi) is 5.32. The molecule has 0 unspecified atom stereocenters. The molecule has 2 aliphatic heterocycles. The minimum absolute atomic E-state index is 0.104. The summed E-state index contributed by atoms with van der Waals surface area (Å²) in [5.41, 5.74) is 3.96. The number of hydrogen-bond acceptors (Lipinski definition) is 5. The molecule has 0 spiro atoms. The average Bonchev–Trinajstić information content (AvgIpc) is 3.61. The van der Waals surface area contributed by atoms with E-state index in [-0.39, 0.29) is 5.91 Å². The third-order valence-electron chi connectivity index (χ3n) is 6.95. The summed E-state index contributed by atoms with van der Waals surface area (Å²) in [6, 6.07) is 20.0. The molecule has 2 atom stereocenters. The lowest BCUT2D eigenvalue weighted by atomic mass is 9.87. The first-order valence-corrected chi connectivity index (χ1v) is 12.3. The fourth-order valence-electron chi connectivity index (χ4n) is 5.41. The van der Waals surface area contributed by atoms with Gasteiger partial charge in [-0.2, -0.15) is 0 Å². The van der Waals surface area contributed by atoms with Crippen LogP contribution in [0.1, 0.15) is 40.4 Å². The van der Waals surface area contributed by atoms with Crippen molar-refractivity contribution in [1.82, 2.24) is 15.2 Å². The maximum atomic E-state index is 12.7. The molecule has 4 aromatic rings. The number of nitrogens with zero attached hydrogens (tertiary/aromatic N) is 2. The first-order valence-electron chi connectivity index (χ1n) is 11.4. The molecule has 166 valence electrons. The lowest BCUT2D eigenvalue weighted by Crippen LogP contribution is -2.43. The predicted molar refractivity (Wildman–Crippen MR) is 131 cm³/mol. The summed E-state index contributed by atoms with van der Waals surface area (Å²) >= 11 is 1.37. The molecule has 0 saturated carbocycles. The Morgan fingerprint density at radius 3 is 2.85 bits per heavy atom. The normalized spacial score (nSPS) is 20.5. The van der Waals surface area contributed by atoms with E-state index in [2.05, 4.69) is 57.7 Å². The number of aromatic nitrogens is 1. The van der Waals surface area contributed by atoms with Crippen LogP contribution in [0.3, 0.4) is 0 Å². The maximum absolute atomic E-state index is 12.7. The highest BCUT2D eigenvalue weighted by Gasteiger charge is 2.41. The number of rotatable bonds is 6. The quantitative estimate of drug-likeness (QED) is 0.417. The highest BCUT2D eigenvalue weighted by molar-refractivity contribution is 7.11. The van der Waals surface area contributed by atoms with Crippen LogP contribution in [0.15, 0.2) is 82.4 Å². The third kappa shape index (κ3) is 3.90. The van der Waals surface area contributed by atoms with Gasteiger partial charge in [-0.1, -0.05) is 36.4 Å². The Morgan fingerprint density at radius 1 is 1.12 bits per heavy atom. The summed E-state index contributed by atoms with van der Waals surface area (Å²) in [7, 11) is 0. The van der Waals surface area contributed by atoms with Crippen molar-refractivity contribution in [1.29, 1.82) is 0 Å². The fourth-order valence-corrected chi connectivity index (χ4v) is 5.96. The van der Waals surface area contributed by atoms with E-state index in [1.165, 1.54) is 38.8 Å². The molecule has 2 aliphatic rings. The molecule has 1 fully saturated rings. The van der Waals surface area contributed by atoms with Crippen molar-refractivity contribution in [3.8, 4) is 0 Å². The second kappa shape index (κ2) is 8.61. The number of carbonyl (C=O) groups excluding carboxylic acids is 1. The molecule has 1 amide bonds. The second-order valence-corrected chi connectivity index (χ2v) is 9.68. The number of amides is 1. The Hall–Kier alpha value is -3.22. The van der Waals surface area contributed by atoms with Crippen LogP contribution < -0.4 is 5.32 Å². The Bertz CT molecular complexity index is 1310. The van der Waals surface area contributed by atoms with Gasteiger partial charge in [-0.25, -0.2) is 4.98 Å². The van der Waals surface area contributed by atoms with Crippen LogP contribution in [0.2, 0.25) is 0 Å². The summed E-state index contributed by atoms with van der Waals surface area (Å²) in [4.78, 5) is 19.4. The summed E-state index contributed by atoms with van der Waals surface area (Å²) in [5.74, 6) is 0.889. The molecule has 33 heavy (non-hydrogen) atoms. The van der Waals surface area contributed by atoms with E-state index in [0.717, 1.165) is 31.6 Å². The second-order valence-electron chi connectivity index (χ2n) is 8.79. The van der Waals surface area contributed by atoms with Gasteiger partial charge >= 0.3 is 0 Å². The van der Waals surface area contributed by atoms with Crippen molar-refractivity contribution >= 4 is 33.6 Å². The van der Waals surface area contributed by atoms with Gasteiger partial charge in [-0.05, 0) is 64.9 Å². The van der Waals surface area contributed by atoms with Crippen molar-refractivity contribution in [3.63, 3.8) is 0 Å². The molecule has 1 N–H and O–H groups in total. The lowest BCUT2D eigenvalue weighted by molar-refractivity contribution is 0.0953. The molecule has 2 aromatic carbocycles. The van der Waals surface area contributed by atoms with Crippen molar-refractivity contribution in [2.45, 2.75) is 37.9 Å². The van der Waals surface area contributed by atoms with Crippen molar-refractivity contribution in [3.05, 3.63) is 94.3 Å². The number of carbonyl (C=O) groups is 1. The monoisotopic (exact) mass is 455 g/mol. The van der Waals surface area contributed by atoms with Gasteiger partial charge in [-0.15, -0.1) is 11.3 Å². The average molecular weight is 456 g/mol. The molecule has 6 heteroatoms. The van der Waals surface area contributed by atoms with Crippen LogP contribution >= 0.6 is 11.3 Å². The minimum atomic E-state index is -0.104. The standard InChI is InChI=1S/C27H25N3O2S/c31-26(27-28-11-13-33-27)29-16-24-23(20-8-7-18-4-1-2-5-19(18)14-20)15-21-9-10-25(24)30(21)17-22-6-3-12-32-22/h1-8,11-14,21,25H,9-10,15-17H2,(H,29,31)/t21-,25+/m0/s1. The predicted octanol–water partition coefficient (Wildman–Crippen LogP) is 5.51. The van der Waals surface area contributed by atoms with Crippen LogP contribution in [0.5, 0.6) is 0 Å². The van der Waals surface area contributed by atoms with Crippen LogP contribution in [0.25, 0.3) is 16.3 Å². The molecular weight excluding hydrogens is 430 g/mol. The van der Waals surface area contributed by atoms with Gasteiger partial charge in [0.15, 0.2) is 5.01 Å². The summed E-state index contributed by atoms with van der Waals surface area (Å²) in [5, 5.41) is 8.00. The van der Waals surface area contributed by atoms with Crippen molar-refractivity contribution in [2.75, 3.05) is 6.54 Å². The van der Waals surface area contributed by atoms with Crippen LogP contribution in [-0.2, 0) is 6.54 Å². The zero-order valence-electron chi connectivity index (χ0n) is 18.2. The summed E-state index contributed by atoms with van der Waals surface area (Å²) in [6.45, 7) is 1.34. The van der Waals surface area contributed by atoms with Crippen LogP contribution in [0.4, 0.5) is 0 Å². The zero-order chi connectivity index (χ0) is 22.2. The van der Waals surface area contributed by atoms with E-state index in [1.54, 1.807) is 12.5 Å². The van der Waals surface area contributed by atoms with Crippen molar-refractivity contribution in [2.24, 2.45) is 0 Å². The molecule has 4 heterocycles. The molecule has 6 rings (SSSR count). The van der Waals surface area contributed by atoms with Gasteiger partial charge in [0, 0.05) is 30.2 Å². The number of thiazole rings is 1. The molecule has 2 aromatic heterocycles. The molecule has 2 bridgehead atoms. The van der Waals surface area contributed by atoms with E-state index in [0.29, 0.717) is 23.6 Å². The number of hydrogen-bond donors (Lipinski definition) is 1. The first-order chi connectivity index (χ1) is 16.3. The molecular formula is C27H25N3O2S. The van der Waals surface area contributed by atoms with Gasteiger partial charge in [0.2, 0.25) is 0 Å². The van der Waals surface area contributed by atoms with Gasteiger partial charge < -0.3 is 9.73 Å². The number of benzene rings is 2. The zero-order valence-corrected chi connectivity index (χ0v) is 19.1. The van der Waals surface area contributed by atoms with Crippen LogP contribution in [0, 0.1) is 0 Å². The van der Waals surface area contributed by atoms with Gasteiger partial charge in [0.25, 0.3) is 5.91 Å². The topological polar surface area (TPSA) is 58.4 Å². The fraction of sp³-hybridized carbons (Fsp3) is 0.259. The number of furan rings is 1. The highest BCUT2D eigenvalue weighted by atomic mass is 32.1. The largest absolute Gasteiger partial charge is 0.468 e. The Morgan fingerprint density at radius 2 is 2.03 bits per heavy atom. The summed E-state index contributed by atoms with van der Waals surface area (Å²) < 4.78 is 5.67. The minimum Gasteiger partial charge on any atom is -0.468 e. The number of fused-ring (bicyclic) bond motifs is 3. The van der Waals surface area contributed by atoms with Crippen molar-refractivity contribution < 1.29 is 9.21 Å². The number of nitrogens with one attached hydrogen (secondary N) is 1. The molecule has 0 radical (unpaired) electrons. The molecule has 1 saturated heterocycles. The van der Waals surface area contributed by atoms with E-state index < -0.39 is 0 Å². The Labute approximate surface area is 196 Å². The smallest absolute Gasteiger partial charge is 0.280 e. The SMILES string of the molecule is O=C(NCC1=C(c2ccc3ccccc3c2)C[C@@H]2CC[C@H]1N2Cc1ccco1)c1nccs1. The van der Waals surface area contributed by atoms with E-state index in [1.807, 2.05) is 17.5 Å².